The van der Waals surface area contributed by atoms with Crippen LogP contribution in [-0.2, 0) is 9.53 Å². The van der Waals surface area contributed by atoms with Crippen LogP contribution < -0.4 is 10.1 Å². The van der Waals surface area contributed by atoms with Gasteiger partial charge in [0.1, 0.15) is 17.0 Å². The molecule has 0 aliphatic rings. The van der Waals surface area contributed by atoms with Crippen LogP contribution in [0.1, 0.15) is 41.6 Å². The molecule has 10 nitrogen and oxygen atoms in total. The Balaban J connectivity index is 2.06. The van der Waals surface area contributed by atoms with Gasteiger partial charge in [0.15, 0.2) is 12.4 Å². The van der Waals surface area contributed by atoms with Crippen molar-refractivity contribution in [3.8, 4) is 5.75 Å². The van der Waals surface area contributed by atoms with E-state index in [-0.39, 0.29) is 28.6 Å². The number of rotatable bonds is 7. The molecular formula is C17H19N3O7. The van der Waals surface area contributed by atoms with E-state index >= 15 is 0 Å². The highest BCUT2D eigenvalue weighted by Gasteiger charge is 2.25. The molecule has 0 aliphatic heterocycles. The smallest absolute Gasteiger partial charge is 0.344 e. The number of nitro groups is 1. The molecule has 0 saturated heterocycles. The molecule has 0 aliphatic carbocycles. The van der Waals surface area contributed by atoms with Gasteiger partial charge in [0.25, 0.3) is 11.6 Å². The van der Waals surface area contributed by atoms with E-state index in [0.717, 1.165) is 0 Å². The number of aromatic nitrogens is 1. The van der Waals surface area contributed by atoms with Gasteiger partial charge in [-0.05, 0) is 19.1 Å². The summed E-state index contributed by atoms with van der Waals surface area (Å²) in [7, 11) is 1.37. The maximum absolute atomic E-state index is 12.2. The number of aryl methyl sites for hydroxylation is 1. The molecule has 0 atom stereocenters. The van der Waals surface area contributed by atoms with Gasteiger partial charge in [0.2, 0.25) is 0 Å². The van der Waals surface area contributed by atoms with Crippen molar-refractivity contribution >= 4 is 23.3 Å². The minimum atomic E-state index is -0.753. The van der Waals surface area contributed by atoms with Gasteiger partial charge in [-0.25, -0.2) is 4.79 Å². The van der Waals surface area contributed by atoms with E-state index in [4.69, 9.17) is 14.0 Å². The molecule has 0 fully saturated rings. The Labute approximate surface area is 154 Å². The van der Waals surface area contributed by atoms with Gasteiger partial charge in [0, 0.05) is 5.92 Å². The van der Waals surface area contributed by atoms with Gasteiger partial charge < -0.3 is 19.3 Å². The first-order valence-electron chi connectivity index (χ1n) is 8.00. The molecular weight excluding hydrogens is 358 g/mol. The molecule has 27 heavy (non-hydrogen) atoms. The Hall–Kier alpha value is -3.43. The number of anilines is 1. The maximum Gasteiger partial charge on any atom is 0.344 e. The zero-order valence-electron chi connectivity index (χ0n) is 15.3. The summed E-state index contributed by atoms with van der Waals surface area (Å²) in [6, 6.07) is 3.97. The summed E-state index contributed by atoms with van der Waals surface area (Å²) in [6.45, 7) is 4.62. The first-order chi connectivity index (χ1) is 12.7. The second kappa shape index (κ2) is 8.30. The third-order valence-electron chi connectivity index (χ3n) is 3.63. The van der Waals surface area contributed by atoms with E-state index in [0.29, 0.717) is 11.5 Å². The van der Waals surface area contributed by atoms with E-state index in [1.807, 2.05) is 13.8 Å². The Bertz CT molecular complexity index is 873. The van der Waals surface area contributed by atoms with E-state index in [1.165, 1.54) is 25.3 Å². The summed E-state index contributed by atoms with van der Waals surface area (Å²) >= 11 is 0. The number of methoxy groups -OCH3 is 1. The van der Waals surface area contributed by atoms with E-state index < -0.39 is 23.4 Å². The van der Waals surface area contributed by atoms with Crippen molar-refractivity contribution in [2.45, 2.75) is 26.7 Å². The van der Waals surface area contributed by atoms with E-state index in [9.17, 15) is 19.7 Å². The van der Waals surface area contributed by atoms with Gasteiger partial charge in [-0.2, -0.15) is 0 Å². The van der Waals surface area contributed by atoms with Gasteiger partial charge in [0.05, 0.1) is 23.8 Å². The lowest BCUT2D eigenvalue weighted by Crippen LogP contribution is -2.22. The highest BCUT2D eigenvalue weighted by atomic mass is 16.6. The molecule has 0 saturated carbocycles. The van der Waals surface area contributed by atoms with Crippen LogP contribution in [0.2, 0.25) is 0 Å². The Morgan fingerprint density at radius 1 is 1.37 bits per heavy atom. The number of carbonyl (C=O) groups is 2. The third kappa shape index (κ3) is 4.60. The van der Waals surface area contributed by atoms with Crippen molar-refractivity contribution in [3.05, 3.63) is 45.3 Å². The average Bonchev–Trinajstić information content (AvgIpc) is 3.01. The highest BCUT2D eigenvalue weighted by molar-refractivity contribution is 5.97. The van der Waals surface area contributed by atoms with Crippen molar-refractivity contribution in [1.29, 1.82) is 0 Å². The molecule has 0 unspecified atom stereocenters. The minimum Gasteiger partial charge on any atom is -0.496 e. The Kier molecular flexibility index (Phi) is 6.11. The van der Waals surface area contributed by atoms with Crippen LogP contribution in [0.15, 0.2) is 22.7 Å². The van der Waals surface area contributed by atoms with Crippen LogP contribution in [-0.4, -0.2) is 35.7 Å². The Morgan fingerprint density at radius 2 is 2.07 bits per heavy atom. The minimum absolute atomic E-state index is 0.0362. The van der Waals surface area contributed by atoms with Gasteiger partial charge in [-0.1, -0.05) is 19.0 Å². The zero-order valence-corrected chi connectivity index (χ0v) is 15.3. The summed E-state index contributed by atoms with van der Waals surface area (Å²) < 4.78 is 15.0. The van der Waals surface area contributed by atoms with Gasteiger partial charge >= 0.3 is 5.97 Å². The quantitative estimate of drug-likeness (QED) is 0.442. The second-order valence-electron chi connectivity index (χ2n) is 5.93. The summed E-state index contributed by atoms with van der Waals surface area (Å²) in [4.78, 5) is 34.8. The predicted molar refractivity (Wildman–Crippen MR) is 93.9 cm³/mol. The number of nitro benzene ring substituents is 1. The number of amides is 1. The largest absolute Gasteiger partial charge is 0.496 e. The fraction of sp³-hybridized carbons (Fsp3) is 0.353. The van der Waals surface area contributed by atoms with Gasteiger partial charge in [-0.15, -0.1) is 0 Å². The topological polar surface area (TPSA) is 134 Å². The third-order valence-corrected chi connectivity index (χ3v) is 3.63. The summed E-state index contributed by atoms with van der Waals surface area (Å²) in [5.74, 6) is -0.933. The summed E-state index contributed by atoms with van der Waals surface area (Å²) in [5, 5.41) is 17.2. The predicted octanol–water partition coefficient (Wildman–Crippen LogP) is 2.82. The average molecular weight is 377 g/mol. The fourth-order valence-corrected chi connectivity index (χ4v) is 2.31. The van der Waals surface area contributed by atoms with Crippen LogP contribution >= 0.6 is 0 Å². The zero-order chi connectivity index (χ0) is 20.1. The van der Waals surface area contributed by atoms with Crippen molar-refractivity contribution in [1.82, 2.24) is 5.16 Å². The number of ether oxygens (including phenoxy) is 2. The van der Waals surface area contributed by atoms with Crippen LogP contribution in [0.4, 0.5) is 11.4 Å². The first-order valence-corrected chi connectivity index (χ1v) is 8.00. The van der Waals surface area contributed by atoms with Crippen molar-refractivity contribution < 1.29 is 28.5 Å². The lowest BCUT2D eigenvalue weighted by Gasteiger charge is -2.09. The normalized spacial score (nSPS) is 10.6. The van der Waals surface area contributed by atoms with Crippen LogP contribution in [0, 0.1) is 17.0 Å². The van der Waals surface area contributed by atoms with E-state index in [2.05, 4.69) is 10.5 Å². The molecule has 1 heterocycles. The summed E-state index contributed by atoms with van der Waals surface area (Å²) in [5.41, 5.74) is 0.153. The van der Waals surface area contributed by atoms with Crippen LogP contribution in [0.3, 0.4) is 0 Å². The number of nitrogens with one attached hydrogen (secondary N) is 1. The van der Waals surface area contributed by atoms with Gasteiger partial charge in [-0.3, -0.25) is 14.9 Å². The number of hydrogen-bond acceptors (Lipinski definition) is 8. The van der Waals surface area contributed by atoms with Crippen molar-refractivity contribution in [2.75, 3.05) is 19.0 Å². The lowest BCUT2D eigenvalue weighted by atomic mass is 10.1. The summed E-state index contributed by atoms with van der Waals surface area (Å²) in [6.07, 6.45) is 0. The first kappa shape index (κ1) is 19.9. The molecule has 2 rings (SSSR count). The number of benzene rings is 1. The molecule has 10 heteroatoms. The number of hydrogen-bond donors (Lipinski definition) is 1. The maximum atomic E-state index is 12.2. The molecule has 0 radical (unpaired) electrons. The lowest BCUT2D eigenvalue weighted by molar-refractivity contribution is -0.384. The molecule has 144 valence electrons. The monoisotopic (exact) mass is 377 g/mol. The second-order valence-corrected chi connectivity index (χ2v) is 5.93. The molecule has 1 amide bonds. The van der Waals surface area contributed by atoms with Crippen molar-refractivity contribution in [3.63, 3.8) is 0 Å². The standard InChI is InChI=1S/C17H19N3O7/c1-9(2)16-15(10(3)19-27-16)17(22)26-8-14(21)18-12-6-5-11(25-4)7-13(12)20(23)24/h5-7,9H,8H2,1-4H3,(H,18,21). The number of carbonyl (C=O) groups excluding carboxylic acids is 2. The molecule has 1 aromatic carbocycles. The van der Waals surface area contributed by atoms with E-state index in [1.54, 1.807) is 6.92 Å². The molecule has 0 spiro atoms. The molecule has 1 N–H and O–H groups in total. The van der Waals surface area contributed by atoms with Crippen molar-refractivity contribution in [2.24, 2.45) is 0 Å². The number of nitrogens with zero attached hydrogens (tertiary/aromatic N) is 2. The highest BCUT2D eigenvalue weighted by Crippen LogP contribution is 2.29. The Morgan fingerprint density at radius 3 is 2.67 bits per heavy atom. The molecule has 2 aromatic rings. The fourth-order valence-electron chi connectivity index (χ4n) is 2.31. The van der Waals surface area contributed by atoms with Crippen LogP contribution in [0.5, 0.6) is 5.75 Å². The molecule has 0 bridgehead atoms. The SMILES string of the molecule is COc1ccc(NC(=O)COC(=O)c2c(C)noc2C(C)C)c([N+](=O)[O-])c1. The number of esters is 1. The molecule has 1 aromatic heterocycles. The van der Waals surface area contributed by atoms with Crippen LogP contribution in [0.25, 0.3) is 0 Å².